The van der Waals surface area contributed by atoms with Gasteiger partial charge in [-0.2, -0.15) is 0 Å². The van der Waals surface area contributed by atoms with E-state index >= 15 is 0 Å². The zero-order valence-electron chi connectivity index (χ0n) is 11.5. The molecule has 0 aliphatic rings. The maximum absolute atomic E-state index is 11.0. The van der Waals surface area contributed by atoms with E-state index < -0.39 is 0 Å². The Labute approximate surface area is 123 Å². The third kappa shape index (κ3) is 3.17. The molecule has 0 fully saturated rings. The van der Waals surface area contributed by atoms with Gasteiger partial charge in [0.2, 0.25) is 0 Å². The van der Waals surface area contributed by atoms with Gasteiger partial charge < -0.3 is 0 Å². The number of rotatable bonds is 4. The van der Waals surface area contributed by atoms with Crippen molar-refractivity contribution in [1.29, 1.82) is 0 Å². The Morgan fingerprint density at radius 1 is 1.15 bits per heavy atom. The zero-order chi connectivity index (χ0) is 14.7. The lowest BCUT2D eigenvalue weighted by Gasteiger charge is -2.12. The van der Waals surface area contributed by atoms with Gasteiger partial charge in [-0.3, -0.25) is 10.1 Å². The molecular formula is C16H16ClNO2. The van der Waals surface area contributed by atoms with E-state index in [1.807, 2.05) is 32.0 Å². The summed E-state index contributed by atoms with van der Waals surface area (Å²) in [5.41, 5.74) is 4.17. The molecule has 2 aromatic rings. The van der Waals surface area contributed by atoms with Gasteiger partial charge in [0.25, 0.3) is 5.69 Å². The predicted octanol–water partition coefficient (Wildman–Crippen LogP) is 4.73. The molecule has 1 unspecified atom stereocenters. The third-order valence-electron chi connectivity index (χ3n) is 3.48. The van der Waals surface area contributed by atoms with Crippen LogP contribution in [0.1, 0.15) is 27.6 Å². The van der Waals surface area contributed by atoms with Crippen LogP contribution in [0.4, 0.5) is 5.69 Å². The van der Waals surface area contributed by atoms with Crippen LogP contribution in [0.3, 0.4) is 0 Å². The SMILES string of the molecule is Cc1ccc(C(Cl)Cc2ccccc2[N+](=O)[O-])cc1C. The van der Waals surface area contributed by atoms with Gasteiger partial charge in [0, 0.05) is 11.6 Å². The maximum atomic E-state index is 11.0. The highest BCUT2D eigenvalue weighted by molar-refractivity contribution is 6.21. The van der Waals surface area contributed by atoms with E-state index in [9.17, 15) is 10.1 Å². The normalized spacial score (nSPS) is 12.2. The largest absolute Gasteiger partial charge is 0.272 e. The quantitative estimate of drug-likeness (QED) is 0.464. The number of halogens is 1. The number of hydrogen-bond donors (Lipinski definition) is 0. The molecule has 0 N–H and O–H groups in total. The average molecular weight is 290 g/mol. The highest BCUT2D eigenvalue weighted by atomic mass is 35.5. The summed E-state index contributed by atoms with van der Waals surface area (Å²) >= 11 is 6.42. The van der Waals surface area contributed by atoms with Crippen molar-refractivity contribution < 1.29 is 4.92 Å². The number of nitrogens with zero attached hydrogens (tertiary/aromatic N) is 1. The minimum atomic E-state index is -0.362. The van der Waals surface area contributed by atoms with Crippen LogP contribution >= 0.6 is 11.6 Å². The standard InChI is InChI=1S/C16H16ClNO2/c1-11-7-8-13(9-12(11)2)15(17)10-14-5-3-4-6-16(14)18(19)20/h3-9,15H,10H2,1-2H3. The first-order valence-corrected chi connectivity index (χ1v) is 6.86. The van der Waals surface area contributed by atoms with E-state index in [0.29, 0.717) is 12.0 Å². The highest BCUT2D eigenvalue weighted by Crippen LogP contribution is 2.30. The summed E-state index contributed by atoms with van der Waals surface area (Å²) in [5, 5.41) is 10.7. The molecule has 0 aliphatic heterocycles. The lowest BCUT2D eigenvalue weighted by Crippen LogP contribution is -2.01. The second kappa shape index (κ2) is 6.06. The van der Waals surface area contributed by atoms with Gasteiger partial charge in [-0.15, -0.1) is 11.6 Å². The summed E-state index contributed by atoms with van der Waals surface area (Å²) < 4.78 is 0. The number of nitro benzene ring substituents is 1. The number of alkyl halides is 1. The van der Waals surface area contributed by atoms with Gasteiger partial charge in [0.15, 0.2) is 0 Å². The van der Waals surface area contributed by atoms with Crippen LogP contribution in [-0.2, 0) is 6.42 Å². The van der Waals surface area contributed by atoms with E-state index in [0.717, 1.165) is 5.56 Å². The molecule has 0 saturated heterocycles. The third-order valence-corrected chi connectivity index (χ3v) is 3.89. The molecule has 3 nitrogen and oxygen atoms in total. The highest BCUT2D eigenvalue weighted by Gasteiger charge is 2.17. The number of para-hydroxylation sites is 1. The van der Waals surface area contributed by atoms with Crippen LogP contribution < -0.4 is 0 Å². The number of hydrogen-bond acceptors (Lipinski definition) is 2. The molecule has 2 aromatic carbocycles. The minimum Gasteiger partial charge on any atom is -0.258 e. The molecule has 20 heavy (non-hydrogen) atoms. The fourth-order valence-electron chi connectivity index (χ4n) is 2.13. The van der Waals surface area contributed by atoms with Crippen molar-refractivity contribution >= 4 is 17.3 Å². The van der Waals surface area contributed by atoms with Gasteiger partial charge in [0.05, 0.1) is 10.3 Å². The summed E-state index contributed by atoms with van der Waals surface area (Å²) in [6.45, 7) is 4.08. The number of nitro groups is 1. The first-order chi connectivity index (χ1) is 9.49. The van der Waals surface area contributed by atoms with E-state index in [4.69, 9.17) is 11.6 Å². The number of aryl methyl sites for hydroxylation is 2. The summed E-state index contributed by atoms with van der Waals surface area (Å²) in [5.74, 6) is 0. The van der Waals surface area contributed by atoms with E-state index in [1.54, 1.807) is 18.2 Å². The van der Waals surface area contributed by atoms with Crippen LogP contribution in [0.2, 0.25) is 0 Å². The Kier molecular flexibility index (Phi) is 4.40. The molecule has 0 bridgehead atoms. The van der Waals surface area contributed by atoms with Gasteiger partial charge in [-0.25, -0.2) is 0 Å². The lowest BCUT2D eigenvalue weighted by atomic mass is 9.99. The van der Waals surface area contributed by atoms with Crippen molar-refractivity contribution in [2.75, 3.05) is 0 Å². The smallest absolute Gasteiger partial charge is 0.258 e. The summed E-state index contributed by atoms with van der Waals surface area (Å²) in [6.07, 6.45) is 0.446. The molecule has 4 heteroatoms. The van der Waals surface area contributed by atoms with Gasteiger partial charge >= 0.3 is 0 Å². The molecule has 0 aliphatic carbocycles. The Morgan fingerprint density at radius 2 is 1.85 bits per heavy atom. The Balaban J connectivity index is 2.25. The molecule has 2 rings (SSSR count). The van der Waals surface area contributed by atoms with Crippen molar-refractivity contribution in [2.24, 2.45) is 0 Å². The molecule has 0 radical (unpaired) electrons. The fraction of sp³-hybridized carbons (Fsp3) is 0.250. The van der Waals surface area contributed by atoms with Crippen molar-refractivity contribution in [3.8, 4) is 0 Å². The molecule has 0 saturated carbocycles. The summed E-state index contributed by atoms with van der Waals surface area (Å²) in [6, 6.07) is 12.8. The van der Waals surface area contributed by atoms with Crippen molar-refractivity contribution in [1.82, 2.24) is 0 Å². The van der Waals surface area contributed by atoms with Crippen LogP contribution in [0.25, 0.3) is 0 Å². The second-order valence-corrected chi connectivity index (χ2v) is 5.43. The van der Waals surface area contributed by atoms with Crippen LogP contribution in [0.5, 0.6) is 0 Å². The van der Waals surface area contributed by atoms with Crippen molar-refractivity contribution in [3.63, 3.8) is 0 Å². The summed E-state index contributed by atoms with van der Waals surface area (Å²) in [4.78, 5) is 10.6. The van der Waals surface area contributed by atoms with Crippen LogP contribution in [0.15, 0.2) is 42.5 Å². The molecular weight excluding hydrogens is 274 g/mol. The van der Waals surface area contributed by atoms with Gasteiger partial charge in [0.1, 0.15) is 0 Å². The predicted molar refractivity (Wildman–Crippen MR) is 81.3 cm³/mol. The van der Waals surface area contributed by atoms with Gasteiger partial charge in [-0.1, -0.05) is 36.4 Å². The monoisotopic (exact) mass is 289 g/mol. The first kappa shape index (κ1) is 14.5. The second-order valence-electron chi connectivity index (χ2n) is 4.90. The van der Waals surface area contributed by atoms with E-state index in [-0.39, 0.29) is 16.0 Å². The van der Waals surface area contributed by atoms with E-state index in [1.165, 1.54) is 17.2 Å². The molecule has 0 spiro atoms. The fourth-order valence-corrected chi connectivity index (χ4v) is 2.43. The van der Waals surface area contributed by atoms with Crippen LogP contribution in [-0.4, -0.2) is 4.92 Å². The molecule has 0 heterocycles. The van der Waals surface area contributed by atoms with Crippen molar-refractivity contribution in [3.05, 3.63) is 74.8 Å². The lowest BCUT2D eigenvalue weighted by molar-refractivity contribution is -0.385. The van der Waals surface area contributed by atoms with Crippen LogP contribution in [0, 0.1) is 24.0 Å². The Bertz CT molecular complexity index is 640. The van der Waals surface area contributed by atoms with E-state index in [2.05, 4.69) is 0 Å². The zero-order valence-corrected chi connectivity index (χ0v) is 12.2. The molecule has 1 atom stereocenters. The van der Waals surface area contributed by atoms with Crippen molar-refractivity contribution in [2.45, 2.75) is 25.6 Å². The average Bonchev–Trinajstić information content (AvgIpc) is 2.42. The minimum absolute atomic E-state index is 0.127. The van der Waals surface area contributed by atoms with Gasteiger partial charge in [-0.05, 0) is 37.0 Å². The molecule has 0 aromatic heterocycles. The number of benzene rings is 2. The Morgan fingerprint density at radius 3 is 2.50 bits per heavy atom. The molecule has 104 valence electrons. The molecule has 0 amide bonds. The Hall–Kier alpha value is -1.87. The maximum Gasteiger partial charge on any atom is 0.272 e. The summed E-state index contributed by atoms with van der Waals surface area (Å²) in [7, 11) is 0. The first-order valence-electron chi connectivity index (χ1n) is 6.42. The topological polar surface area (TPSA) is 43.1 Å².